The molecule has 11 nitrogen and oxygen atoms in total. The number of nitrogens with zero attached hydrogens (tertiary/aromatic N) is 2. The second-order valence-corrected chi connectivity index (χ2v) is 19.1. The van der Waals surface area contributed by atoms with Gasteiger partial charge in [-0.1, -0.05) is 103 Å². The Labute approximate surface area is 383 Å². The maximum Gasteiger partial charge on any atom is 0.412 e. The zero-order valence-electron chi connectivity index (χ0n) is 38.1. The third-order valence-corrected chi connectivity index (χ3v) is 13.4. The van der Waals surface area contributed by atoms with Crippen molar-refractivity contribution in [2.45, 2.75) is 115 Å². The molecule has 0 saturated heterocycles. The molecule has 0 radical (unpaired) electrons. The van der Waals surface area contributed by atoms with Gasteiger partial charge in [-0.25, -0.2) is 4.79 Å². The molecular weight excluding hydrogens is 819 g/mol. The van der Waals surface area contributed by atoms with Gasteiger partial charge in [0.2, 0.25) is 11.7 Å². The number of benzene rings is 4. The number of allylic oxidation sites excluding steroid dienone is 1. The number of aliphatic hydroxyl groups excluding tert-OH is 2. The SMILES string of the molecule is C=CCO[C@@]12Oc3ccc(OC(=O)NCc4ccccc4)cc3[C@H]3[C@H](CCCCO)[C@@H](CCCCO)C=C(C(=NOC(C)(C)C)C[C@@H]1N(Cc1cccc4ccccc14)C(=O)C1CC1)[C@H]32. The first-order valence-electron chi connectivity index (χ1n) is 23.6. The average molecular weight is 884 g/mol. The van der Waals surface area contributed by atoms with Gasteiger partial charge in [-0.3, -0.25) is 4.79 Å². The van der Waals surface area contributed by atoms with Gasteiger partial charge in [0.15, 0.2) is 0 Å². The van der Waals surface area contributed by atoms with E-state index in [1.807, 2.05) is 86.3 Å². The molecule has 344 valence electrons. The Kier molecular flexibility index (Phi) is 14.4. The number of unbranched alkanes of at least 4 members (excludes halogenated alkanes) is 2. The molecule has 1 heterocycles. The second-order valence-electron chi connectivity index (χ2n) is 19.1. The van der Waals surface area contributed by atoms with Gasteiger partial charge in [-0.2, -0.15) is 0 Å². The molecule has 4 aliphatic rings. The summed E-state index contributed by atoms with van der Waals surface area (Å²) >= 11 is 0. The lowest BCUT2D eigenvalue weighted by atomic mass is 9.55. The van der Waals surface area contributed by atoms with Crippen LogP contribution < -0.4 is 14.8 Å². The van der Waals surface area contributed by atoms with Crippen molar-refractivity contribution in [1.82, 2.24) is 10.2 Å². The summed E-state index contributed by atoms with van der Waals surface area (Å²) in [7, 11) is 0. The number of nitrogens with one attached hydrogen (secondary N) is 1. The maximum atomic E-state index is 15.1. The van der Waals surface area contributed by atoms with E-state index in [0.29, 0.717) is 43.9 Å². The highest BCUT2D eigenvalue weighted by Gasteiger charge is 2.66. The first kappa shape index (κ1) is 46.1. The molecule has 2 fully saturated rings. The summed E-state index contributed by atoms with van der Waals surface area (Å²) in [4.78, 5) is 36.8. The molecule has 11 heteroatoms. The number of hydrogen-bond donors (Lipinski definition) is 3. The van der Waals surface area contributed by atoms with Crippen molar-refractivity contribution in [3.05, 3.63) is 132 Å². The van der Waals surface area contributed by atoms with Crippen LogP contribution in [0.15, 0.2) is 120 Å². The Morgan fingerprint density at radius 2 is 1.68 bits per heavy atom. The van der Waals surface area contributed by atoms with Crippen LogP contribution in [0.4, 0.5) is 4.79 Å². The number of rotatable bonds is 19. The van der Waals surface area contributed by atoms with Gasteiger partial charge in [0.05, 0.1) is 18.2 Å². The van der Waals surface area contributed by atoms with Crippen molar-refractivity contribution in [3.8, 4) is 11.5 Å². The van der Waals surface area contributed by atoms with Gasteiger partial charge in [-0.15, -0.1) is 6.58 Å². The molecule has 2 saturated carbocycles. The van der Waals surface area contributed by atoms with E-state index >= 15 is 4.79 Å². The van der Waals surface area contributed by atoms with E-state index < -0.39 is 29.4 Å². The Hall–Kier alpha value is -5.49. The summed E-state index contributed by atoms with van der Waals surface area (Å²) in [5.74, 6) is -1.20. The minimum absolute atomic E-state index is 0.0136. The predicted octanol–water partition coefficient (Wildman–Crippen LogP) is 10.00. The largest absolute Gasteiger partial charge is 0.459 e. The molecule has 0 spiro atoms. The number of amides is 2. The third-order valence-electron chi connectivity index (χ3n) is 13.4. The fraction of sp³-hybridized carbons (Fsp3) is 0.463. The molecule has 0 bridgehead atoms. The summed E-state index contributed by atoms with van der Waals surface area (Å²) in [5, 5.41) is 30.1. The highest BCUT2D eigenvalue weighted by atomic mass is 16.7. The molecule has 6 atom stereocenters. The smallest absolute Gasteiger partial charge is 0.412 e. The number of aliphatic hydroxyl groups is 2. The Balaban J connectivity index is 1.31. The van der Waals surface area contributed by atoms with Crippen molar-refractivity contribution in [2.24, 2.45) is 28.8 Å². The number of fused-ring (bicyclic) bond motifs is 3. The highest BCUT2D eigenvalue weighted by molar-refractivity contribution is 6.03. The van der Waals surface area contributed by atoms with Gasteiger partial charge in [0.1, 0.15) is 23.1 Å². The topological polar surface area (TPSA) is 139 Å². The van der Waals surface area contributed by atoms with Gasteiger partial charge in [-0.05, 0) is 117 Å². The van der Waals surface area contributed by atoms with Gasteiger partial charge in [0.25, 0.3) is 0 Å². The van der Waals surface area contributed by atoms with Crippen molar-refractivity contribution in [3.63, 3.8) is 0 Å². The van der Waals surface area contributed by atoms with Crippen molar-refractivity contribution in [2.75, 3.05) is 19.8 Å². The summed E-state index contributed by atoms with van der Waals surface area (Å²) < 4.78 is 20.7. The molecule has 0 unspecified atom stereocenters. The van der Waals surface area contributed by atoms with Crippen molar-refractivity contribution < 1.29 is 38.9 Å². The molecule has 0 aromatic heterocycles. The van der Waals surface area contributed by atoms with Crippen molar-refractivity contribution >= 4 is 28.5 Å². The molecule has 3 N–H and O–H groups in total. The van der Waals surface area contributed by atoms with E-state index in [2.05, 4.69) is 42.2 Å². The first-order valence-corrected chi connectivity index (χ1v) is 23.6. The van der Waals surface area contributed by atoms with E-state index in [-0.39, 0.29) is 49.4 Å². The minimum atomic E-state index is -1.41. The second kappa shape index (κ2) is 20.4. The first-order chi connectivity index (χ1) is 31.5. The molecule has 4 aromatic rings. The molecule has 4 aromatic carbocycles. The van der Waals surface area contributed by atoms with Crippen LogP contribution in [0.5, 0.6) is 11.5 Å². The van der Waals surface area contributed by atoms with Gasteiger partial charge < -0.3 is 39.5 Å². The average Bonchev–Trinajstić information content (AvgIpc) is 4.16. The number of ether oxygens (including phenoxy) is 3. The molecule has 3 aliphatic carbocycles. The minimum Gasteiger partial charge on any atom is -0.459 e. The summed E-state index contributed by atoms with van der Waals surface area (Å²) in [5.41, 5.74) is 3.94. The lowest BCUT2D eigenvalue weighted by Crippen LogP contribution is -2.70. The Morgan fingerprint density at radius 1 is 0.938 bits per heavy atom. The molecular formula is C54H65N3O8. The van der Waals surface area contributed by atoms with Crippen LogP contribution >= 0.6 is 0 Å². The lowest BCUT2D eigenvalue weighted by Gasteiger charge is -2.60. The van der Waals surface area contributed by atoms with Gasteiger partial charge in [0, 0.05) is 50.1 Å². The van der Waals surface area contributed by atoms with Crippen LogP contribution in [-0.4, -0.2) is 70.1 Å². The quantitative estimate of drug-likeness (QED) is 0.0481. The van der Waals surface area contributed by atoms with E-state index in [1.54, 1.807) is 12.1 Å². The lowest BCUT2D eigenvalue weighted by molar-refractivity contribution is -0.258. The van der Waals surface area contributed by atoms with Crippen LogP contribution in [0, 0.1) is 23.7 Å². The Morgan fingerprint density at radius 3 is 2.42 bits per heavy atom. The number of carbonyl (C=O) groups excluding carboxylic acids is 2. The summed E-state index contributed by atoms with van der Waals surface area (Å²) in [6.45, 7) is 11.0. The maximum absolute atomic E-state index is 15.1. The normalized spacial score (nSPS) is 24.0. The monoisotopic (exact) mass is 883 g/mol. The van der Waals surface area contributed by atoms with Crippen LogP contribution in [0.1, 0.15) is 101 Å². The van der Waals surface area contributed by atoms with E-state index in [0.717, 1.165) is 77.3 Å². The van der Waals surface area contributed by atoms with Crippen LogP contribution in [-0.2, 0) is 27.5 Å². The summed E-state index contributed by atoms with van der Waals surface area (Å²) in [6.07, 6.45) is 9.95. The Bertz CT molecular complexity index is 2370. The predicted molar refractivity (Wildman–Crippen MR) is 252 cm³/mol. The fourth-order valence-electron chi connectivity index (χ4n) is 10.3. The zero-order chi connectivity index (χ0) is 45.6. The summed E-state index contributed by atoms with van der Waals surface area (Å²) in [6, 6.07) is 29.1. The number of hydrogen-bond acceptors (Lipinski definition) is 9. The standard InChI is InChI=1S/C54H65N3O8/c1-5-30-62-54-48(57(51(60)38-24-25-38)35-40-21-15-20-37-18-9-10-22-42(37)40)33-46(56-65-53(2,3)4)44-31-39(19-11-13-28-58)43(23-12-14-29-59)49(50(44)54)45-32-41(26-27-47(45)64-54)63-52(61)55-34-36-16-7-6-8-17-36/h5-10,15-18,20-22,26-27,31-32,38-39,43,48-50,58-59H,1,11-14,19,23-25,28-30,33-35H2,2-4H3,(H,55,61)/t39-,43+,48-,49+,50+,54+/m0/s1. The van der Waals surface area contributed by atoms with Gasteiger partial charge >= 0.3 is 6.09 Å². The zero-order valence-corrected chi connectivity index (χ0v) is 38.1. The van der Waals surface area contributed by atoms with E-state index in [1.165, 1.54) is 0 Å². The fourth-order valence-corrected chi connectivity index (χ4v) is 10.3. The van der Waals surface area contributed by atoms with E-state index in [9.17, 15) is 15.0 Å². The van der Waals surface area contributed by atoms with Crippen molar-refractivity contribution in [1.29, 1.82) is 0 Å². The number of carbonyl (C=O) groups is 2. The van der Waals surface area contributed by atoms with E-state index in [4.69, 9.17) is 24.2 Å². The third kappa shape index (κ3) is 10.3. The number of oxime groups is 1. The van der Waals surface area contributed by atoms with Crippen LogP contribution in [0.25, 0.3) is 10.8 Å². The van der Waals surface area contributed by atoms with Crippen LogP contribution in [0.2, 0.25) is 0 Å². The molecule has 1 aliphatic heterocycles. The molecule has 2 amide bonds. The van der Waals surface area contributed by atoms with Crippen LogP contribution in [0.3, 0.4) is 0 Å². The highest BCUT2D eigenvalue weighted by Crippen LogP contribution is 2.62. The molecule has 65 heavy (non-hydrogen) atoms. The molecule has 8 rings (SSSR count).